The molecule has 0 saturated heterocycles. The average Bonchev–Trinajstić information content (AvgIpc) is 2.42. The summed E-state index contributed by atoms with van der Waals surface area (Å²) >= 11 is 4.18. The Hall–Kier alpha value is -0.0500. The fourth-order valence-corrected chi connectivity index (χ4v) is 4.88. The van der Waals surface area contributed by atoms with Crippen LogP contribution in [-0.4, -0.2) is 16.2 Å². The summed E-state index contributed by atoms with van der Waals surface area (Å²) in [5.74, 6) is -0.397. The zero-order valence-electron chi connectivity index (χ0n) is 11.1. The van der Waals surface area contributed by atoms with Crippen LogP contribution in [0.25, 0.3) is 0 Å². The predicted molar refractivity (Wildman–Crippen MR) is 94.9 cm³/mol. The van der Waals surface area contributed by atoms with Crippen LogP contribution in [-0.2, 0) is 11.2 Å². The van der Waals surface area contributed by atoms with Crippen molar-refractivity contribution in [1.82, 2.24) is 0 Å². The second-order valence-electron chi connectivity index (χ2n) is 5.46. The van der Waals surface area contributed by atoms with Crippen molar-refractivity contribution < 1.29 is 15.0 Å². The molecule has 1 atom stereocenters. The van der Waals surface area contributed by atoms with E-state index in [0.29, 0.717) is 18.1 Å². The average molecular weight is 500 g/mol. The molecule has 0 radical (unpaired) electrons. The minimum Gasteiger partial charge on any atom is -0.506 e. The molecule has 1 aromatic carbocycles. The quantitative estimate of drug-likeness (QED) is 0.603. The Morgan fingerprint density at radius 1 is 1.20 bits per heavy atom. The van der Waals surface area contributed by atoms with Gasteiger partial charge in [-0.15, -0.1) is 0 Å². The van der Waals surface area contributed by atoms with Crippen molar-refractivity contribution in [3.05, 3.63) is 24.8 Å². The number of rotatable bonds is 4. The van der Waals surface area contributed by atoms with Crippen molar-refractivity contribution in [3.8, 4) is 5.75 Å². The molecular weight excluding hydrogens is 482 g/mol. The lowest BCUT2D eigenvalue weighted by Crippen LogP contribution is -2.27. The van der Waals surface area contributed by atoms with E-state index in [0.717, 1.165) is 38.4 Å². The third-order valence-electron chi connectivity index (χ3n) is 4.07. The van der Waals surface area contributed by atoms with Gasteiger partial charge in [0.1, 0.15) is 5.75 Å². The van der Waals surface area contributed by atoms with Crippen molar-refractivity contribution >= 4 is 51.2 Å². The van der Waals surface area contributed by atoms with Crippen LogP contribution in [0.2, 0.25) is 0 Å². The van der Waals surface area contributed by atoms with Gasteiger partial charge in [-0.25, -0.2) is 0 Å². The maximum Gasteiger partial charge on any atom is 0.307 e. The summed E-state index contributed by atoms with van der Waals surface area (Å²) in [4.78, 5) is 11.6. The number of carboxylic acid groups (broad SMARTS) is 1. The molecule has 0 bridgehead atoms. The molecule has 2 rings (SSSR count). The Balaban J connectivity index is 2.17. The normalized spacial score (nSPS) is 17.9. The molecule has 0 aromatic heterocycles. The Morgan fingerprint density at radius 2 is 1.75 bits per heavy atom. The van der Waals surface area contributed by atoms with Crippen LogP contribution in [0.3, 0.4) is 0 Å². The minimum absolute atomic E-state index is 0.291. The monoisotopic (exact) mass is 500 g/mol. The molecule has 1 aliphatic carbocycles. The molecule has 0 unspecified atom stereocenters. The van der Waals surface area contributed by atoms with Gasteiger partial charge in [0.15, 0.2) is 0 Å². The van der Waals surface area contributed by atoms with E-state index in [4.69, 9.17) is 0 Å². The standard InChI is InChI=1S/C15H18I2O3/c16-12-7-9(8-13(17)14(12)18)6-11(15(19)20)10-4-2-1-3-5-10/h7-8,10-11,18H,1-6H2,(H,19,20)/t11-/m0/s1. The van der Waals surface area contributed by atoms with Crippen LogP contribution < -0.4 is 0 Å². The van der Waals surface area contributed by atoms with E-state index in [2.05, 4.69) is 45.2 Å². The van der Waals surface area contributed by atoms with Crippen molar-refractivity contribution in [2.75, 3.05) is 0 Å². The number of halogens is 2. The molecule has 1 aromatic rings. The number of carboxylic acids is 1. The van der Waals surface area contributed by atoms with E-state index in [1.54, 1.807) is 0 Å². The maximum absolute atomic E-state index is 11.6. The summed E-state index contributed by atoms with van der Waals surface area (Å²) in [5, 5.41) is 19.3. The number of hydrogen-bond acceptors (Lipinski definition) is 2. The van der Waals surface area contributed by atoms with Gasteiger partial charge in [0, 0.05) is 0 Å². The van der Waals surface area contributed by atoms with Crippen molar-refractivity contribution in [2.45, 2.75) is 38.5 Å². The van der Waals surface area contributed by atoms with E-state index >= 15 is 0 Å². The lowest BCUT2D eigenvalue weighted by molar-refractivity contribution is -0.144. The Labute approximate surface area is 146 Å². The summed E-state index contributed by atoms with van der Waals surface area (Å²) in [6, 6.07) is 3.80. The van der Waals surface area contributed by atoms with Gasteiger partial charge in [-0.05, 0) is 88.1 Å². The highest BCUT2D eigenvalue weighted by atomic mass is 127. The lowest BCUT2D eigenvalue weighted by Gasteiger charge is -2.27. The Morgan fingerprint density at radius 3 is 2.25 bits per heavy atom. The molecule has 20 heavy (non-hydrogen) atoms. The molecule has 0 amide bonds. The van der Waals surface area contributed by atoms with Gasteiger partial charge in [-0.1, -0.05) is 19.3 Å². The zero-order chi connectivity index (χ0) is 14.7. The largest absolute Gasteiger partial charge is 0.506 e. The second kappa shape index (κ2) is 7.29. The molecule has 0 heterocycles. The number of benzene rings is 1. The number of carbonyl (C=O) groups is 1. The molecular formula is C15H18I2O3. The summed E-state index contributed by atoms with van der Waals surface area (Å²) in [5.41, 5.74) is 1.01. The van der Waals surface area contributed by atoms with E-state index in [9.17, 15) is 15.0 Å². The fraction of sp³-hybridized carbons (Fsp3) is 0.533. The molecule has 110 valence electrons. The van der Waals surface area contributed by atoms with Gasteiger partial charge in [0.2, 0.25) is 0 Å². The van der Waals surface area contributed by atoms with E-state index < -0.39 is 5.97 Å². The minimum atomic E-state index is -0.685. The molecule has 5 heteroatoms. The Kier molecular flexibility index (Phi) is 5.95. The highest BCUT2D eigenvalue weighted by molar-refractivity contribution is 14.1. The van der Waals surface area contributed by atoms with Crippen molar-refractivity contribution in [3.63, 3.8) is 0 Å². The molecule has 0 aliphatic heterocycles. The zero-order valence-corrected chi connectivity index (χ0v) is 15.4. The second-order valence-corrected chi connectivity index (χ2v) is 7.78. The summed E-state index contributed by atoms with van der Waals surface area (Å²) < 4.78 is 1.58. The van der Waals surface area contributed by atoms with Crippen LogP contribution in [0.5, 0.6) is 5.75 Å². The van der Waals surface area contributed by atoms with Gasteiger partial charge in [0.25, 0.3) is 0 Å². The number of phenols is 1. The molecule has 3 nitrogen and oxygen atoms in total. The topological polar surface area (TPSA) is 57.5 Å². The maximum atomic E-state index is 11.6. The number of phenolic OH excluding ortho intramolecular Hbond substituents is 1. The van der Waals surface area contributed by atoms with Crippen LogP contribution in [0.4, 0.5) is 0 Å². The van der Waals surface area contributed by atoms with Crippen molar-refractivity contribution in [1.29, 1.82) is 0 Å². The van der Waals surface area contributed by atoms with Crippen LogP contribution >= 0.6 is 45.2 Å². The number of hydrogen-bond donors (Lipinski definition) is 2. The van der Waals surface area contributed by atoms with E-state index in [-0.39, 0.29) is 5.92 Å². The highest BCUT2D eigenvalue weighted by Gasteiger charge is 2.29. The molecule has 0 spiro atoms. The third-order valence-corrected chi connectivity index (χ3v) is 5.71. The third kappa shape index (κ3) is 3.99. The van der Waals surface area contributed by atoms with Crippen LogP contribution in [0, 0.1) is 19.0 Å². The summed E-state index contributed by atoms with van der Waals surface area (Å²) in [6.07, 6.45) is 6.16. The highest BCUT2D eigenvalue weighted by Crippen LogP contribution is 2.34. The van der Waals surface area contributed by atoms with Crippen LogP contribution in [0.1, 0.15) is 37.7 Å². The molecule has 1 saturated carbocycles. The van der Waals surface area contributed by atoms with Crippen molar-refractivity contribution in [2.24, 2.45) is 11.8 Å². The predicted octanol–water partition coefficient (Wildman–Crippen LogP) is 4.43. The first-order valence-corrected chi connectivity index (χ1v) is 9.04. The lowest BCUT2D eigenvalue weighted by atomic mass is 9.77. The van der Waals surface area contributed by atoms with Gasteiger partial charge in [-0.2, -0.15) is 0 Å². The molecule has 1 aliphatic rings. The first-order valence-electron chi connectivity index (χ1n) is 6.88. The molecule has 2 N–H and O–H groups in total. The van der Waals surface area contributed by atoms with E-state index in [1.165, 1.54) is 6.42 Å². The van der Waals surface area contributed by atoms with Gasteiger partial charge >= 0.3 is 5.97 Å². The Bertz CT molecular complexity index is 473. The van der Waals surface area contributed by atoms with E-state index in [1.807, 2.05) is 12.1 Å². The summed E-state index contributed by atoms with van der Waals surface area (Å²) in [7, 11) is 0. The fourth-order valence-electron chi connectivity index (χ4n) is 2.98. The summed E-state index contributed by atoms with van der Waals surface area (Å²) in [6.45, 7) is 0. The molecule has 1 fully saturated rings. The number of aromatic hydroxyl groups is 1. The first-order chi connectivity index (χ1) is 9.49. The van der Waals surface area contributed by atoms with Gasteiger partial charge < -0.3 is 10.2 Å². The smallest absolute Gasteiger partial charge is 0.307 e. The number of aliphatic carboxylic acids is 1. The van der Waals surface area contributed by atoms with Crippen LogP contribution in [0.15, 0.2) is 12.1 Å². The van der Waals surface area contributed by atoms with Gasteiger partial charge in [0.05, 0.1) is 13.1 Å². The van der Waals surface area contributed by atoms with Gasteiger partial charge in [-0.3, -0.25) is 4.79 Å². The first kappa shape index (κ1) is 16.3. The SMILES string of the molecule is O=C(O)[C@@H](Cc1cc(I)c(O)c(I)c1)C1CCCCC1.